The number of halogens is 1. The second kappa shape index (κ2) is 2.71. The highest BCUT2D eigenvalue weighted by Crippen LogP contribution is 2.47. The molecule has 2 aliphatic carbocycles. The van der Waals surface area contributed by atoms with Gasteiger partial charge in [-0.2, -0.15) is 0 Å². The molecule has 2 rings (SSSR count). The van der Waals surface area contributed by atoms with E-state index in [1.54, 1.807) is 0 Å². The highest BCUT2D eigenvalue weighted by atomic mass is 35.5. The zero-order chi connectivity index (χ0) is 6.43. The van der Waals surface area contributed by atoms with Gasteiger partial charge in [-0.05, 0) is 37.0 Å². The first-order valence-corrected chi connectivity index (χ1v) is 4.04. The fourth-order valence-corrected chi connectivity index (χ4v) is 2.62. The van der Waals surface area contributed by atoms with Gasteiger partial charge in [0.05, 0.1) is 0 Å². The first-order chi connectivity index (χ1) is 4.29. The molecule has 0 aromatic heterocycles. The maximum Gasteiger partial charge on any atom is 0.00957 e. The molecule has 0 aliphatic heterocycles. The van der Waals surface area contributed by atoms with Gasteiger partial charge in [-0.25, -0.2) is 0 Å². The molecular formula is C8H16ClN. The van der Waals surface area contributed by atoms with Gasteiger partial charge in [0.25, 0.3) is 0 Å². The molecule has 0 radical (unpaired) electrons. The van der Waals surface area contributed by atoms with Crippen LogP contribution < -0.4 is 5.73 Å². The van der Waals surface area contributed by atoms with Crippen molar-refractivity contribution < 1.29 is 0 Å². The van der Waals surface area contributed by atoms with E-state index in [-0.39, 0.29) is 12.4 Å². The smallest absolute Gasteiger partial charge is 0.00957 e. The number of fused-ring (bicyclic) bond motifs is 2. The summed E-state index contributed by atoms with van der Waals surface area (Å²) in [5.41, 5.74) is 5.96. The van der Waals surface area contributed by atoms with Gasteiger partial charge in [-0.3, -0.25) is 0 Å². The van der Waals surface area contributed by atoms with Gasteiger partial charge in [0, 0.05) is 6.04 Å². The van der Waals surface area contributed by atoms with Crippen molar-refractivity contribution in [2.75, 3.05) is 0 Å². The standard InChI is InChI=1S/C8H15N.ClH/c1-5-6-2-3-7(4-6)8(5)9;/h5-8H,2-4,9H2,1H3;1H/t5-,6+,7-,8+;/m1./s1. The monoisotopic (exact) mass is 161 g/mol. The molecular weight excluding hydrogens is 146 g/mol. The van der Waals surface area contributed by atoms with Gasteiger partial charge >= 0.3 is 0 Å². The van der Waals surface area contributed by atoms with E-state index in [0.717, 1.165) is 17.8 Å². The molecule has 0 spiro atoms. The molecule has 0 aromatic rings. The van der Waals surface area contributed by atoms with Gasteiger partial charge < -0.3 is 5.73 Å². The van der Waals surface area contributed by atoms with Crippen molar-refractivity contribution in [3.05, 3.63) is 0 Å². The first kappa shape index (κ1) is 8.35. The second-order valence-corrected chi connectivity index (χ2v) is 3.77. The molecule has 1 nitrogen and oxygen atoms in total. The van der Waals surface area contributed by atoms with E-state index in [2.05, 4.69) is 6.92 Å². The average molecular weight is 162 g/mol. The Balaban J connectivity index is 0.000000500. The van der Waals surface area contributed by atoms with Crippen molar-refractivity contribution in [2.24, 2.45) is 23.5 Å². The molecule has 2 bridgehead atoms. The zero-order valence-electron chi connectivity index (χ0n) is 6.42. The van der Waals surface area contributed by atoms with Crippen LogP contribution >= 0.6 is 12.4 Å². The van der Waals surface area contributed by atoms with Crippen LogP contribution in [0.15, 0.2) is 0 Å². The minimum atomic E-state index is 0. The summed E-state index contributed by atoms with van der Waals surface area (Å²) in [6.45, 7) is 2.31. The van der Waals surface area contributed by atoms with Crippen LogP contribution in [0.3, 0.4) is 0 Å². The summed E-state index contributed by atoms with van der Waals surface area (Å²) in [6.07, 6.45) is 4.30. The van der Waals surface area contributed by atoms with Gasteiger partial charge in [-0.1, -0.05) is 6.92 Å². The van der Waals surface area contributed by atoms with Crippen molar-refractivity contribution in [1.82, 2.24) is 0 Å². The molecule has 2 saturated carbocycles. The van der Waals surface area contributed by atoms with Gasteiger partial charge in [-0.15, -0.1) is 12.4 Å². The third-order valence-electron chi connectivity index (χ3n) is 3.41. The lowest BCUT2D eigenvalue weighted by molar-refractivity contribution is 0.312. The SMILES string of the molecule is C[C@@H]1[C@H]2CC[C@H](C2)[C@H]1N.Cl. The van der Waals surface area contributed by atoms with Crippen LogP contribution in [0.1, 0.15) is 26.2 Å². The lowest BCUT2D eigenvalue weighted by atomic mass is 9.87. The third-order valence-corrected chi connectivity index (χ3v) is 3.41. The summed E-state index contributed by atoms with van der Waals surface area (Å²) in [5.74, 6) is 2.71. The third kappa shape index (κ3) is 0.960. The summed E-state index contributed by atoms with van der Waals surface area (Å²) in [5, 5.41) is 0. The molecule has 0 aromatic carbocycles. The molecule has 2 aliphatic rings. The maximum atomic E-state index is 5.96. The summed E-state index contributed by atoms with van der Waals surface area (Å²) in [7, 11) is 0. The molecule has 10 heavy (non-hydrogen) atoms. The summed E-state index contributed by atoms with van der Waals surface area (Å²) < 4.78 is 0. The van der Waals surface area contributed by atoms with Gasteiger partial charge in [0.2, 0.25) is 0 Å². The van der Waals surface area contributed by atoms with E-state index >= 15 is 0 Å². The van der Waals surface area contributed by atoms with Crippen LogP contribution in [-0.2, 0) is 0 Å². The number of rotatable bonds is 0. The summed E-state index contributed by atoms with van der Waals surface area (Å²) in [6, 6.07) is 0.545. The molecule has 0 heterocycles. The van der Waals surface area contributed by atoms with Crippen LogP contribution in [0.25, 0.3) is 0 Å². The van der Waals surface area contributed by atoms with E-state index in [4.69, 9.17) is 5.73 Å². The predicted octanol–water partition coefficient (Wildman–Crippen LogP) is 1.80. The normalized spacial score (nSPS) is 51.0. The summed E-state index contributed by atoms with van der Waals surface area (Å²) >= 11 is 0. The van der Waals surface area contributed by atoms with E-state index in [9.17, 15) is 0 Å². The Morgan fingerprint density at radius 1 is 1.20 bits per heavy atom. The fraction of sp³-hybridized carbons (Fsp3) is 1.00. The van der Waals surface area contributed by atoms with Crippen LogP contribution in [0.2, 0.25) is 0 Å². The highest BCUT2D eigenvalue weighted by Gasteiger charge is 2.42. The van der Waals surface area contributed by atoms with Gasteiger partial charge in [0.1, 0.15) is 0 Å². The summed E-state index contributed by atoms with van der Waals surface area (Å²) in [4.78, 5) is 0. The Morgan fingerprint density at radius 2 is 1.80 bits per heavy atom. The topological polar surface area (TPSA) is 26.0 Å². The van der Waals surface area contributed by atoms with E-state index < -0.39 is 0 Å². The Hall–Kier alpha value is 0.250. The van der Waals surface area contributed by atoms with E-state index in [1.165, 1.54) is 19.3 Å². The van der Waals surface area contributed by atoms with E-state index in [1.807, 2.05) is 0 Å². The Labute approximate surface area is 68.8 Å². The quantitative estimate of drug-likeness (QED) is 0.576. The van der Waals surface area contributed by atoms with Crippen molar-refractivity contribution in [3.63, 3.8) is 0 Å². The van der Waals surface area contributed by atoms with Crippen molar-refractivity contribution in [3.8, 4) is 0 Å². The van der Waals surface area contributed by atoms with E-state index in [0.29, 0.717) is 6.04 Å². The lowest BCUT2D eigenvalue weighted by Gasteiger charge is -2.23. The largest absolute Gasteiger partial charge is 0.327 e. The molecule has 2 N–H and O–H groups in total. The molecule has 0 amide bonds. The Morgan fingerprint density at radius 3 is 2.10 bits per heavy atom. The fourth-order valence-electron chi connectivity index (χ4n) is 2.62. The Bertz CT molecular complexity index is 108. The number of nitrogens with two attached hydrogens (primary N) is 1. The predicted molar refractivity (Wildman–Crippen MR) is 45.2 cm³/mol. The molecule has 2 heteroatoms. The van der Waals surface area contributed by atoms with Crippen LogP contribution in [0.4, 0.5) is 0 Å². The first-order valence-electron chi connectivity index (χ1n) is 4.04. The number of hydrogen-bond donors (Lipinski definition) is 1. The van der Waals surface area contributed by atoms with Crippen LogP contribution in [-0.4, -0.2) is 6.04 Å². The molecule has 2 fully saturated rings. The molecule has 0 unspecified atom stereocenters. The maximum absolute atomic E-state index is 5.96. The lowest BCUT2D eigenvalue weighted by Crippen LogP contribution is -2.33. The minimum absolute atomic E-state index is 0. The van der Waals surface area contributed by atoms with Crippen LogP contribution in [0, 0.1) is 17.8 Å². The second-order valence-electron chi connectivity index (χ2n) is 3.77. The molecule has 4 atom stereocenters. The van der Waals surface area contributed by atoms with Crippen molar-refractivity contribution in [1.29, 1.82) is 0 Å². The van der Waals surface area contributed by atoms with Crippen molar-refractivity contribution >= 4 is 12.4 Å². The van der Waals surface area contributed by atoms with Crippen LogP contribution in [0.5, 0.6) is 0 Å². The number of hydrogen-bond acceptors (Lipinski definition) is 1. The minimum Gasteiger partial charge on any atom is -0.327 e. The zero-order valence-corrected chi connectivity index (χ0v) is 7.23. The van der Waals surface area contributed by atoms with Crippen molar-refractivity contribution in [2.45, 2.75) is 32.2 Å². The Kier molecular flexibility index (Phi) is 2.26. The average Bonchev–Trinajstić information content (AvgIpc) is 2.37. The molecule has 0 saturated heterocycles. The molecule has 60 valence electrons. The highest BCUT2D eigenvalue weighted by molar-refractivity contribution is 5.85. The van der Waals surface area contributed by atoms with Gasteiger partial charge in [0.15, 0.2) is 0 Å².